The largest absolute Gasteiger partial charge is 0.359 e. The van der Waals surface area contributed by atoms with Crippen molar-refractivity contribution in [2.45, 2.75) is 12.6 Å². The monoisotopic (exact) mass is 181 g/mol. The van der Waals surface area contributed by atoms with E-state index in [9.17, 15) is 4.39 Å². The second-order valence-corrected chi connectivity index (χ2v) is 3.11. The Morgan fingerprint density at radius 3 is 2.69 bits per heavy atom. The second-order valence-electron chi connectivity index (χ2n) is 3.11. The minimum Gasteiger partial charge on any atom is -0.359 e. The van der Waals surface area contributed by atoms with Crippen LogP contribution in [0.2, 0.25) is 0 Å². The highest BCUT2D eigenvalue weighted by Gasteiger charge is 2.14. The molecule has 0 amide bonds. The molecule has 0 radical (unpaired) electrons. The minimum absolute atomic E-state index is 0.0608. The average Bonchev–Trinajstić information content (AvgIpc) is 2.20. The van der Waals surface area contributed by atoms with E-state index < -0.39 is 0 Å². The van der Waals surface area contributed by atoms with Gasteiger partial charge in [0.05, 0.1) is 6.61 Å². The molecule has 1 aromatic rings. The molecule has 2 rings (SSSR count). The van der Waals surface area contributed by atoms with Crippen LogP contribution >= 0.6 is 0 Å². The normalized spacial score (nSPS) is 23.0. The predicted molar refractivity (Wildman–Crippen MR) is 47.7 cm³/mol. The van der Waals surface area contributed by atoms with E-state index in [0.29, 0.717) is 0 Å². The van der Waals surface area contributed by atoms with Crippen molar-refractivity contribution < 1.29 is 9.13 Å². The highest BCUT2D eigenvalue weighted by atomic mass is 19.1. The van der Waals surface area contributed by atoms with Crippen molar-refractivity contribution in [1.82, 2.24) is 5.32 Å². The summed E-state index contributed by atoms with van der Waals surface area (Å²) >= 11 is 0. The number of hydrogen-bond donors (Lipinski definition) is 1. The van der Waals surface area contributed by atoms with Crippen LogP contribution in [-0.4, -0.2) is 13.2 Å². The van der Waals surface area contributed by atoms with Crippen molar-refractivity contribution in [3.63, 3.8) is 0 Å². The summed E-state index contributed by atoms with van der Waals surface area (Å²) in [5.74, 6) is -0.209. The smallest absolute Gasteiger partial charge is 0.134 e. The first-order valence-electron chi connectivity index (χ1n) is 4.47. The van der Waals surface area contributed by atoms with Gasteiger partial charge >= 0.3 is 0 Å². The molecule has 1 saturated heterocycles. The quantitative estimate of drug-likeness (QED) is 0.713. The molecule has 1 atom stereocenters. The van der Waals surface area contributed by atoms with E-state index in [0.717, 1.165) is 25.1 Å². The number of hydrogen-bond acceptors (Lipinski definition) is 2. The molecule has 3 heteroatoms. The molecular weight excluding hydrogens is 169 g/mol. The zero-order chi connectivity index (χ0) is 9.10. The van der Waals surface area contributed by atoms with Crippen LogP contribution in [0.5, 0.6) is 0 Å². The summed E-state index contributed by atoms with van der Waals surface area (Å²) in [6.45, 7) is 1.73. The maximum absolute atomic E-state index is 12.6. The minimum atomic E-state index is -0.209. The van der Waals surface area contributed by atoms with Gasteiger partial charge in [-0.3, -0.25) is 5.32 Å². The van der Waals surface area contributed by atoms with E-state index in [1.807, 2.05) is 0 Å². The summed E-state index contributed by atoms with van der Waals surface area (Å²) in [4.78, 5) is 0. The van der Waals surface area contributed by atoms with Gasteiger partial charge in [0, 0.05) is 6.54 Å². The molecule has 13 heavy (non-hydrogen) atoms. The fourth-order valence-electron chi connectivity index (χ4n) is 1.42. The summed E-state index contributed by atoms with van der Waals surface area (Å²) in [5, 5.41) is 3.21. The Morgan fingerprint density at radius 1 is 1.31 bits per heavy atom. The Morgan fingerprint density at radius 2 is 2.08 bits per heavy atom. The summed E-state index contributed by atoms with van der Waals surface area (Å²) < 4.78 is 18.1. The van der Waals surface area contributed by atoms with Gasteiger partial charge in [-0.05, 0) is 24.1 Å². The highest BCUT2D eigenvalue weighted by molar-refractivity contribution is 5.18. The standard InChI is InChI=1S/C10H12FNO/c11-9-4-2-8(3-5-9)10-12-6-1-7-13-10/h2-5,10,12H,1,6-7H2. The van der Waals surface area contributed by atoms with Crippen molar-refractivity contribution >= 4 is 0 Å². The molecule has 1 aromatic carbocycles. The van der Waals surface area contributed by atoms with Gasteiger partial charge in [-0.25, -0.2) is 4.39 Å². The zero-order valence-corrected chi connectivity index (χ0v) is 7.29. The Bertz CT molecular complexity index is 267. The molecule has 0 aromatic heterocycles. The van der Waals surface area contributed by atoms with Crippen molar-refractivity contribution in [1.29, 1.82) is 0 Å². The lowest BCUT2D eigenvalue weighted by atomic mass is 10.2. The summed E-state index contributed by atoms with van der Waals surface area (Å²) in [7, 11) is 0. The topological polar surface area (TPSA) is 21.3 Å². The fraction of sp³-hybridized carbons (Fsp3) is 0.400. The van der Waals surface area contributed by atoms with Gasteiger partial charge in [-0.2, -0.15) is 0 Å². The molecule has 1 heterocycles. The first kappa shape index (κ1) is 8.66. The van der Waals surface area contributed by atoms with E-state index in [1.54, 1.807) is 12.1 Å². The van der Waals surface area contributed by atoms with Crippen LogP contribution in [0.3, 0.4) is 0 Å². The Hall–Kier alpha value is -0.930. The maximum Gasteiger partial charge on any atom is 0.134 e. The SMILES string of the molecule is Fc1ccc(C2NCCCO2)cc1. The lowest BCUT2D eigenvalue weighted by Gasteiger charge is -2.24. The summed E-state index contributed by atoms with van der Waals surface area (Å²) in [5.41, 5.74) is 0.987. The van der Waals surface area contributed by atoms with Crippen LogP contribution in [0.1, 0.15) is 18.2 Å². The van der Waals surface area contributed by atoms with Crippen LogP contribution < -0.4 is 5.32 Å². The van der Waals surface area contributed by atoms with E-state index in [2.05, 4.69) is 5.32 Å². The van der Waals surface area contributed by atoms with E-state index in [-0.39, 0.29) is 12.0 Å². The molecule has 1 aliphatic heterocycles. The van der Waals surface area contributed by atoms with Crippen molar-refractivity contribution in [2.75, 3.05) is 13.2 Å². The maximum atomic E-state index is 12.6. The third kappa shape index (κ3) is 2.05. The first-order valence-corrected chi connectivity index (χ1v) is 4.47. The molecule has 0 bridgehead atoms. The first-order chi connectivity index (χ1) is 6.36. The van der Waals surface area contributed by atoms with Gasteiger partial charge in [0.15, 0.2) is 0 Å². The van der Waals surface area contributed by atoms with Crippen LogP contribution in [0, 0.1) is 5.82 Å². The van der Waals surface area contributed by atoms with Crippen LogP contribution in [0.4, 0.5) is 4.39 Å². The van der Waals surface area contributed by atoms with Gasteiger partial charge in [-0.15, -0.1) is 0 Å². The molecule has 70 valence electrons. The van der Waals surface area contributed by atoms with Gasteiger partial charge in [0.1, 0.15) is 12.0 Å². The molecule has 2 nitrogen and oxygen atoms in total. The Labute approximate surface area is 76.7 Å². The molecular formula is C10H12FNO. The van der Waals surface area contributed by atoms with E-state index in [4.69, 9.17) is 4.74 Å². The molecule has 0 spiro atoms. The zero-order valence-electron chi connectivity index (χ0n) is 7.29. The fourth-order valence-corrected chi connectivity index (χ4v) is 1.42. The van der Waals surface area contributed by atoms with Crippen molar-refractivity contribution in [3.8, 4) is 0 Å². The Kier molecular flexibility index (Phi) is 2.57. The molecule has 1 fully saturated rings. The van der Waals surface area contributed by atoms with Crippen molar-refractivity contribution in [3.05, 3.63) is 35.6 Å². The van der Waals surface area contributed by atoms with E-state index in [1.165, 1.54) is 12.1 Å². The number of nitrogens with one attached hydrogen (secondary N) is 1. The van der Waals surface area contributed by atoms with Crippen molar-refractivity contribution in [2.24, 2.45) is 0 Å². The highest BCUT2D eigenvalue weighted by Crippen LogP contribution is 2.17. The van der Waals surface area contributed by atoms with Gasteiger partial charge in [0.2, 0.25) is 0 Å². The molecule has 0 aliphatic carbocycles. The third-order valence-electron chi connectivity index (χ3n) is 2.11. The molecule has 1 aliphatic rings. The lowest BCUT2D eigenvalue weighted by Crippen LogP contribution is -2.31. The number of ether oxygens (including phenoxy) is 1. The Balaban J connectivity index is 2.10. The molecule has 1 unspecified atom stereocenters. The summed E-state index contributed by atoms with van der Waals surface area (Å²) in [6.07, 6.45) is 0.979. The van der Waals surface area contributed by atoms with Crippen LogP contribution in [0.25, 0.3) is 0 Å². The molecule has 1 N–H and O–H groups in total. The van der Waals surface area contributed by atoms with Gasteiger partial charge in [0.25, 0.3) is 0 Å². The molecule has 0 saturated carbocycles. The lowest BCUT2D eigenvalue weighted by molar-refractivity contribution is -0.000345. The summed E-state index contributed by atoms with van der Waals surface area (Å²) in [6, 6.07) is 6.40. The second kappa shape index (κ2) is 3.85. The van der Waals surface area contributed by atoms with Crippen LogP contribution in [0.15, 0.2) is 24.3 Å². The number of halogens is 1. The number of rotatable bonds is 1. The average molecular weight is 181 g/mol. The third-order valence-corrected chi connectivity index (χ3v) is 2.11. The number of benzene rings is 1. The van der Waals surface area contributed by atoms with Crippen LogP contribution in [-0.2, 0) is 4.74 Å². The van der Waals surface area contributed by atoms with E-state index >= 15 is 0 Å². The predicted octanol–water partition coefficient (Wildman–Crippen LogP) is 1.83. The van der Waals surface area contributed by atoms with Gasteiger partial charge < -0.3 is 4.74 Å². The van der Waals surface area contributed by atoms with Gasteiger partial charge in [-0.1, -0.05) is 12.1 Å².